The van der Waals surface area contributed by atoms with E-state index in [-0.39, 0.29) is 24.6 Å². The third-order valence-corrected chi connectivity index (χ3v) is 12.9. The molecule has 1 aromatic heterocycles. The fraction of sp³-hybridized carbons (Fsp3) is 0.292. The Balaban J connectivity index is 1.05. The van der Waals surface area contributed by atoms with E-state index in [4.69, 9.17) is 35.6 Å². The number of fused-ring (bicyclic) bond motifs is 1. The van der Waals surface area contributed by atoms with E-state index in [1.807, 2.05) is 60.0 Å². The van der Waals surface area contributed by atoms with E-state index in [2.05, 4.69) is 52.2 Å². The van der Waals surface area contributed by atoms with Crippen LogP contribution in [0, 0.1) is 0 Å². The molecular formula is C48H48ClN5O8S2. The summed E-state index contributed by atoms with van der Waals surface area (Å²) in [6, 6.07) is 36.4. The van der Waals surface area contributed by atoms with E-state index in [0.29, 0.717) is 27.9 Å². The first-order valence-electron chi connectivity index (χ1n) is 20.4. The number of oxime groups is 1. The maximum absolute atomic E-state index is 13.8. The number of thiazole rings is 1. The zero-order chi connectivity index (χ0) is 45.5. The smallest absolute Gasteiger partial charge is 0.355 e. The highest BCUT2D eigenvalue weighted by molar-refractivity contribution is 8.00. The van der Waals surface area contributed by atoms with E-state index in [1.165, 1.54) is 34.9 Å². The first-order chi connectivity index (χ1) is 30.7. The Morgan fingerprint density at radius 2 is 1.48 bits per heavy atom. The molecule has 1 unspecified atom stereocenters. The molecule has 2 N–H and O–H groups in total. The number of amides is 2. The molecule has 1 fully saturated rings. The van der Waals surface area contributed by atoms with Gasteiger partial charge in [0.05, 0.1) is 12.8 Å². The molecule has 0 radical (unpaired) electrons. The van der Waals surface area contributed by atoms with Crippen molar-refractivity contribution < 1.29 is 38.2 Å². The van der Waals surface area contributed by atoms with Crippen molar-refractivity contribution in [3.63, 3.8) is 0 Å². The van der Waals surface area contributed by atoms with E-state index in [1.54, 1.807) is 52.1 Å². The lowest BCUT2D eigenvalue weighted by molar-refractivity contribution is -0.182. The first kappa shape index (κ1) is 45.9. The summed E-state index contributed by atoms with van der Waals surface area (Å²) >= 11 is 8.93. The molecular weight excluding hydrogens is 874 g/mol. The van der Waals surface area contributed by atoms with Crippen LogP contribution in [-0.2, 0) is 52.1 Å². The quantitative estimate of drug-likeness (QED) is 0.0234. The summed E-state index contributed by atoms with van der Waals surface area (Å²) in [6.07, 6.45) is 0.799. The van der Waals surface area contributed by atoms with Crippen molar-refractivity contribution in [3.8, 4) is 5.75 Å². The lowest BCUT2D eigenvalue weighted by Crippen LogP contribution is -2.70. The second-order valence-electron chi connectivity index (χ2n) is 16.3. The lowest BCUT2D eigenvalue weighted by Gasteiger charge is -2.49. The minimum atomic E-state index is -1.73. The van der Waals surface area contributed by atoms with Crippen molar-refractivity contribution in [1.82, 2.24) is 15.2 Å². The average molecular weight is 923 g/mol. The number of aromatic nitrogens is 1. The number of nitrogens with zero attached hydrogens (tertiary/aromatic N) is 3. The van der Waals surface area contributed by atoms with Gasteiger partial charge >= 0.3 is 11.9 Å². The number of rotatable bonds is 17. The summed E-state index contributed by atoms with van der Waals surface area (Å²) < 4.78 is 16.5. The van der Waals surface area contributed by atoms with Crippen LogP contribution >= 0.6 is 34.7 Å². The average Bonchev–Trinajstić information content (AvgIpc) is 3.74. The molecule has 2 aliphatic rings. The Morgan fingerprint density at radius 1 is 0.891 bits per heavy atom. The minimum absolute atomic E-state index is 0.0163. The number of benzene rings is 4. The van der Waals surface area contributed by atoms with Crippen molar-refractivity contribution in [2.24, 2.45) is 5.16 Å². The third kappa shape index (κ3) is 10.1. The van der Waals surface area contributed by atoms with Gasteiger partial charge < -0.3 is 29.7 Å². The van der Waals surface area contributed by atoms with Crippen LogP contribution in [0.3, 0.4) is 0 Å². The number of halogens is 1. The molecule has 0 spiro atoms. The van der Waals surface area contributed by atoms with Gasteiger partial charge in [-0.05, 0) is 67.7 Å². The van der Waals surface area contributed by atoms with Crippen LogP contribution in [0.4, 0.5) is 5.13 Å². The molecule has 64 heavy (non-hydrogen) atoms. The number of hydrogen-bond acceptors (Lipinski definition) is 13. The zero-order valence-corrected chi connectivity index (χ0v) is 38.3. The number of nitrogens with one attached hydrogen (secondary N) is 2. The highest BCUT2D eigenvalue weighted by atomic mass is 35.5. The van der Waals surface area contributed by atoms with Crippen LogP contribution in [0.25, 0.3) is 0 Å². The predicted octanol–water partition coefficient (Wildman–Crippen LogP) is 7.84. The number of methoxy groups -OCH3 is 1. The van der Waals surface area contributed by atoms with Gasteiger partial charge in [-0.15, -0.1) is 34.7 Å². The van der Waals surface area contributed by atoms with Crippen LogP contribution in [0.1, 0.15) is 55.6 Å². The largest absolute Gasteiger partial charge is 0.497 e. The van der Waals surface area contributed by atoms with Crippen molar-refractivity contribution in [2.45, 2.75) is 68.9 Å². The number of esters is 2. The second kappa shape index (κ2) is 19.7. The second-order valence-corrected chi connectivity index (χ2v) is 18.5. The molecule has 16 heteroatoms. The lowest BCUT2D eigenvalue weighted by atomic mass is 9.77. The van der Waals surface area contributed by atoms with Crippen molar-refractivity contribution in [2.75, 3.05) is 24.1 Å². The van der Waals surface area contributed by atoms with Crippen molar-refractivity contribution in [1.29, 1.82) is 0 Å². The Labute approximate surface area is 385 Å². The molecule has 7 rings (SSSR count). The summed E-state index contributed by atoms with van der Waals surface area (Å²) in [5.74, 6) is -1.65. The van der Waals surface area contributed by atoms with Crippen LogP contribution in [0.15, 0.2) is 137 Å². The monoisotopic (exact) mass is 921 g/mol. The standard InChI is InChI=1S/C48H48ClN5O8S2/c1-46(2,3)61-44(58)47(4,25-36-30-64-45(51-36)53-48(33-15-9-6-10-16-33,34-17-11-7-12-18-34)35-19-13-8-14-20-35)62-50-27-38(55)52-39-41(56)54-40(32(26-49)29-63-42(39)54)43(57)60-28-31-21-23-37(59-5)24-22-31/h6-24,27,30,39,42H,25-26,28-29H2,1-5H3,(H,51,53)(H,52,55)/t39-,42-,47?/m1/s1. The van der Waals surface area contributed by atoms with Gasteiger partial charge in [-0.2, -0.15) is 0 Å². The van der Waals surface area contributed by atoms with Gasteiger partial charge in [-0.25, -0.2) is 14.6 Å². The zero-order valence-electron chi connectivity index (χ0n) is 35.9. The third-order valence-electron chi connectivity index (χ3n) is 10.5. The van der Waals surface area contributed by atoms with Gasteiger partial charge in [0, 0.05) is 23.4 Å². The number of ether oxygens (including phenoxy) is 3. The maximum atomic E-state index is 13.8. The Hall–Kier alpha value is -6.16. The topological polar surface area (TPSA) is 158 Å². The molecule has 3 atom stereocenters. The highest BCUT2D eigenvalue weighted by Gasteiger charge is 2.54. The van der Waals surface area contributed by atoms with Gasteiger partial charge in [0.2, 0.25) is 5.60 Å². The van der Waals surface area contributed by atoms with E-state index in [9.17, 15) is 19.2 Å². The number of anilines is 1. The van der Waals surface area contributed by atoms with Crippen molar-refractivity contribution in [3.05, 3.63) is 160 Å². The van der Waals surface area contributed by atoms with Gasteiger partial charge in [-0.1, -0.05) is 108 Å². The number of carbonyl (C=O) groups excluding carboxylic acids is 4. The number of thioether (sulfide) groups is 1. The van der Waals surface area contributed by atoms with Crippen molar-refractivity contribution >= 4 is 69.8 Å². The highest BCUT2D eigenvalue weighted by Crippen LogP contribution is 2.42. The summed E-state index contributed by atoms with van der Waals surface area (Å²) in [4.78, 5) is 66.0. The SMILES string of the molecule is COc1ccc(COC(=O)C2=C(CCl)CS[C@@H]3[C@H](NC(=O)C=NOC(C)(Cc4csc(NC(c5ccccc5)(c5ccccc5)c5ccccc5)n4)C(=O)OC(C)(C)C)C(=O)N23)cc1. The summed E-state index contributed by atoms with van der Waals surface area (Å²) in [5.41, 5.74) is 1.42. The van der Waals surface area contributed by atoms with Crippen LogP contribution in [0.2, 0.25) is 0 Å². The Bertz CT molecular complexity index is 2420. The molecule has 2 amide bonds. The number of alkyl halides is 1. The summed E-state index contributed by atoms with van der Waals surface area (Å²) in [5, 5.41) is 12.2. The molecule has 5 aromatic rings. The van der Waals surface area contributed by atoms with Crippen LogP contribution in [-0.4, -0.2) is 81.2 Å². The predicted molar refractivity (Wildman–Crippen MR) is 248 cm³/mol. The summed E-state index contributed by atoms with van der Waals surface area (Å²) in [6.45, 7) is 6.71. The summed E-state index contributed by atoms with van der Waals surface area (Å²) in [7, 11) is 1.56. The number of hydrogen-bond donors (Lipinski definition) is 2. The van der Waals surface area contributed by atoms with Gasteiger partial charge in [-0.3, -0.25) is 14.5 Å². The molecule has 3 heterocycles. The fourth-order valence-electron chi connectivity index (χ4n) is 7.35. The molecule has 13 nitrogen and oxygen atoms in total. The van der Waals surface area contributed by atoms with Gasteiger partial charge in [0.1, 0.15) is 46.8 Å². The van der Waals surface area contributed by atoms with Gasteiger partial charge in [0.25, 0.3) is 11.8 Å². The molecule has 2 aliphatic heterocycles. The number of carbonyl (C=O) groups is 4. The molecule has 332 valence electrons. The molecule has 0 aliphatic carbocycles. The Kier molecular flexibility index (Phi) is 14.1. The molecule has 4 aromatic carbocycles. The van der Waals surface area contributed by atoms with Crippen LogP contribution in [0.5, 0.6) is 5.75 Å². The van der Waals surface area contributed by atoms with E-state index >= 15 is 0 Å². The van der Waals surface area contributed by atoms with E-state index in [0.717, 1.165) is 28.5 Å². The normalized spacial score (nSPS) is 17.2. The molecule has 1 saturated heterocycles. The molecule has 0 saturated carbocycles. The number of β-lactam (4-membered cyclic amide) rings is 1. The minimum Gasteiger partial charge on any atom is -0.497 e. The first-order valence-corrected chi connectivity index (χ1v) is 22.9. The molecule has 0 bridgehead atoms. The van der Waals surface area contributed by atoms with E-state index < -0.39 is 51.9 Å². The Morgan fingerprint density at radius 3 is 2.03 bits per heavy atom. The maximum Gasteiger partial charge on any atom is 0.355 e. The van der Waals surface area contributed by atoms with Gasteiger partial charge in [0.15, 0.2) is 5.13 Å². The van der Waals surface area contributed by atoms with Crippen LogP contribution < -0.4 is 15.4 Å². The fourth-order valence-corrected chi connectivity index (χ4v) is 9.80.